The van der Waals surface area contributed by atoms with Crippen molar-refractivity contribution < 1.29 is 22.7 Å². The van der Waals surface area contributed by atoms with E-state index in [1.807, 2.05) is 6.92 Å². The highest BCUT2D eigenvalue weighted by molar-refractivity contribution is 7.92. The number of carbonyl (C=O) groups is 2. The van der Waals surface area contributed by atoms with E-state index in [4.69, 9.17) is 4.74 Å². The predicted molar refractivity (Wildman–Crippen MR) is 118 cm³/mol. The van der Waals surface area contributed by atoms with Gasteiger partial charge in [-0.2, -0.15) is 0 Å². The Labute approximate surface area is 178 Å². The lowest BCUT2D eigenvalue weighted by atomic mass is 10.1. The Morgan fingerprint density at radius 1 is 1.07 bits per heavy atom. The normalized spacial score (nSPS) is 12.2. The topological polar surface area (TPSA) is 92.8 Å². The largest absolute Gasteiger partial charge is 0.462 e. The smallest absolute Gasteiger partial charge is 0.338 e. The summed E-state index contributed by atoms with van der Waals surface area (Å²) in [5.41, 5.74) is 2.98. The summed E-state index contributed by atoms with van der Waals surface area (Å²) < 4.78 is 31.2. The number of esters is 1. The van der Waals surface area contributed by atoms with Crippen LogP contribution in [0.15, 0.2) is 42.5 Å². The molecule has 0 spiro atoms. The van der Waals surface area contributed by atoms with Crippen LogP contribution in [0, 0.1) is 13.8 Å². The Morgan fingerprint density at radius 2 is 1.70 bits per heavy atom. The highest BCUT2D eigenvalue weighted by atomic mass is 32.2. The average Bonchev–Trinajstić information content (AvgIpc) is 2.67. The Kier molecular flexibility index (Phi) is 7.61. The number of rotatable bonds is 8. The van der Waals surface area contributed by atoms with Crippen molar-refractivity contribution in [3.63, 3.8) is 0 Å². The molecule has 2 aromatic rings. The third-order valence-electron chi connectivity index (χ3n) is 4.61. The van der Waals surface area contributed by atoms with Crippen molar-refractivity contribution in [2.24, 2.45) is 0 Å². The third-order valence-corrected chi connectivity index (χ3v) is 5.79. The average molecular weight is 433 g/mol. The van der Waals surface area contributed by atoms with E-state index in [0.29, 0.717) is 22.5 Å². The first kappa shape index (κ1) is 23.4. The molecule has 0 saturated heterocycles. The van der Waals surface area contributed by atoms with Crippen LogP contribution in [0.25, 0.3) is 0 Å². The van der Waals surface area contributed by atoms with Crippen molar-refractivity contribution >= 4 is 33.3 Å². The summed E-state index contributed by atoms with van der Waals surface area (Å²) >= 11 is 0. The molecular weight excluding hydrogens is 404 g/mol. The van der Waals surface area contributed by atoms with Gasteiger partial charge in [0.05, 0.1) is 24.1 Å². The van der Waals surface area contributed by atoms with Gasteiger partial charge < -0.3 is 10.1 Å². The summed E-state index contributed by atoms with van der Waals surface area (Å²) in [6, 6.07) is 10.9. The minimum absolute atomic E-state index is 0.273. The molecule has 2 aromatic carbocycles. The molecule has 0 heterocycles. The third kappa shape index (κ3) is 5.60. The van der Waals surface area contributed by atoms with E-state index >= 15 is 0 Å². The number of carbonyl (C=O) groups excluding carboxylic acids is 2. The molecule has 0 aromatic heterocycles. The highest BCUT2D eigenvalue weighted by Gasteiger charge is 2.31. The van der Waals surface area contributed by atoms with Crippen molar-refractivity contribution in [2.75, 3.05) is 22.5 Å². The van der Waals surface area contributed by atoms with Crippen LogP contribution in [0.3, 0.4) is 0 Å². The summed E-state index contributed by atoms with van der Waals surface area (Å²) in [6.45, 7) is 7.42. The second-order valence-electron chi connectivity index (χ2n) is 7.06. The van der Waals surface area contributed by atoms with E-state index < -0.39 is 27.9 Å². The van der Waals surface area contributed by atoms with Gasteiger partial charge >= 0.3 is 5.97 Å². The van der Waals surface area contributed by atoms with Crippen LogP contribution in [0.5, 0.6) is 0 Å². The zero-order chi connectivity index (χ0) is 22.5. The van der Waals surface area contributed by atoms with Crippen LogP contribution >= 0.6 is 0 Å². The first-order valence-electron chi connectivity index (χ1n) is 9.73. The molecule has 30 heavy (non-hydrogen) atoms. The Hall–Kier alpha value is -2.87. The van der Waals surface area contributed by atoms with Gasteiger partial charge in [0, 0.05) is 5.69 Å². The van der Waals surface area contributed by atoms with Gasteiger partial charge in [-0.3, -0.25) is 9.10 Å². The van der Waals surface area contributed by atoms with Crippen LogP contribution in [0.2, 0.25) is 0 Å². The zero-order valence-corrected chi connectivity index (χ0v) is 18.7. The SMILES string of the molecule is CCOC(=O)c1ccc(NC(=O)[C@@H](CC)N(c2ccc(C)cc2)S(C)(=O)=O)c(C)c1. The lowest BCUT2D eigenvalue weighted by molar-refractivity contribution is -0.117. The van der Waals surface area contributed by atoms with Crippen LogP contribution in [-0.2, 0) is 19.6 Å². The Morgan fingerprint density at radius 3 is 2.20 bits per heavy atom. The number of nitrogens with zero attached hydrogens (tertiary/aromatic N) is 1. The quantitative estimate of drug-likeness (QED) is 0.643. The van der Waals surface area contributed by atoms with Crippen LogP contribution in [-0.4, -0.2) is 39.2 Å². The van der Waals surface area contributed by atoms with E-state index in [1.54, 1.807) is 63.2 Å². The minimum Gasteiger partial charge on any atom is -0.462 e. The van der Waals surface area contributed by atoms with Crippen LogP contribution in [0.4, 0.5) is 11.4 Å². The van der Waals surface area contributed by atoms with Crippen molar-refractivity contribution in [3.05, 3.63) is 59.2 Å². The molecule has 0 bridgehead atoms. The maximum atomic E-state index is 13.0. The van der Waals surface area contributed by atoms with E-state index in [2.05, 4.69) is 5.32 Å². The molecule has 8 heteroatoms. The second kappa shape index (κ2) is 9.75. The Balaban J connectivity index is 2.32. The van der Waals surface area contributed by atoms with E-state index in [9.17, 15) is 18.0 Å². The molecule has 7 nitrogen and oxygen atoms in total. The summed E-state index contributed by atoms with van der Waals surface area (Å²) in [4.78, 5) is 24.9. The number of hydrogen-bond donors (Lipinski definition) is 1. The number of anilines is 2. The lowest BCUT2D eigenvalue weighted by Gasteiger charge is -2.30. The van der Waals surface area contributed by atoms with Crippen molar-refractivity contribution in [3.8, 4) is 0 Å². The van der Waals surface area contributed by atoms with Gasteiger partial charge in [0.2, 0.25) is 15.9 Å². The molecule has 1 N–H and O–H groups in total. The van der Waals surface area contributed by atoms with E-state index in [-0.39, 0.29) is 13.0 Å². The molecule has 0 aliphatic rings. The van der Waals surface area contributed by atoms with E-state index in [1.165, 1.54) is 0 Å². The van der Waals surface area contributed by atoms with Crippen LogP contribution in [0.1, 0.15) is 41.8 Å². The van der Waals surface area contributed by atoms with Gasteiger partial charge in [0.1, 0.15) is 6.04 Å². The second-order valence-corrected chi connectivity index (χ2v) is 8.92. The van der Waals surface area contributed by atoms with Crippen molar-refractivity contribution in [1.82, 2.24) is 0 Å². The van der Waals surface area contributed by atoms with Gasteiger partial charge in [-0.1, -0.05) is 24.6 Å². The highest BCUT2D eigenvalue weighted by Crippen LogP contribution is 2.25. The fourth-order valence-corrected chi connectivity index (χ4v) is 4.33. The number of aryl methyl sites for hydroxylation is 2. The first-order chi connectivity index (χ1) is 14.1. The van der Waals surface area contributed by atoms with Crippen LogP contribution < -0.4 is 9.62 Å². The standard InChI is InChI=1S/C22H28N2O5S/c1-6-20(24(30(5,27)28)18-11-8-15(3)9-12-18)21(25)23-19-13-10-17(14-16(19)4)22(26)29-7-2/h8-14,20H,6-7H2,1-5H3,(H,23,25)/t20-/m1/s1. The predicted octanol–water partition coefficient (Wildman–Crippen LogP) is 3.66. The molecule has 162 valence electrons. The molecule has 0 fully saturated rings. The van der Waals surface area contributed by atoms with Crippen molar-refractivity contribution in [1.29, 1.82) is 0 Å². The monoisotopic (exact) mass is 432 g/mol. The molecule has 1 amide bonds. The van der Waals surface area contributed by atoms with Gasteiger partial charge in [0.15, 0.2) is 0 Å². The molecular formula is C22H28N2O5S. The number of ether oxygens (including phenoxy) is 1. The number of benzene rings is 2. The zero-order valence-electron chi connectivity index (χ0n) is 17.9. The molecule has 0 aliphatic heterocycles. The van der Waals surface area contributed by atoms with Gasteiger partial charge in [-0.25, -0.2) is 13.2 Å². The molecule has 0 unspecified atom stereocenters. The summed E-state index contributed by atoms with van der Waals surface area (Å²) in [5, 5.41) is 2.80. The summed E-state index contributed by atoms with van der Waals surface area (Å²) in [7, 11) is -3.70. The molecule has 1 atom stereocenters. The van der Waals surface area contributed by atoms with Gasteiger partial charge in [-0.05, 0) is 63.1 Å². The fourth-order valence-electron chi connectivity index (χ4n) is 3.11. The lowest BCUT2D eigenvalue weighted by Crippen LogP contribution is -2.47. The minimum atomic E-state index is -3.70. The molecule has 0 radical (unpaired) electrons. The summed E-state index contributed by atoms with van der Waals surface area (Å²) in [5.74, 6) is -0.886. The van der Waals surface area contributed by atoms with E-state index in [0.717, 1.165) is 16.1 Å². The van der Waals surface area contributed by atoms with Crippen molar-refractivity contribution in [2.45, 2.75) is 40.2 Å². The number of amides is 1. The summed E-state index contributed by atoms with van der Waals surface area (Å²) in [6.07, 6.45) is 1.37. The fraction of sp³-hybridized carbons (Fsp3) is 0.364. The van der Waals surface area contributed by atoms with Gasteiger partial charge in [-0.15, -0.1) is 0 Å². The maximum absolute atomic E-state index is 13.0. The maximum Gasteiger partial charge on any atom is 0.338 e. The first-order valence-corrected chi connectivity index (χ1v) is 11.6. The van der Waals surface area contributed by atoms with Gasteiger partial charge in [0.25, 0.3) is 0 Å². The molecule has 0 aliphatic carbocycles. The number of nitrogens with one attached hydrogen (secondary N) is 1. The number of hydrogen-bond acceptors (Lipinski definition) is 5. The molecule has 2 rings (SSSR count). The molecule has 0 saturated carbocycles. The number of sulfonamides is 1. The Bertz CT molecular complexity index is 1020.